The van der Waals surface area contributed by atoms with Crippen LogP contribution < -0.4 is 0 Å². The van der Waals surface area contributed by atoms with E-state index in [4.69, 9.17) is 5.53 Å². The average molecular weight is 251 g/mol. The summed E-state index contributed by atoms with van der Waals surface area (Å²) in [6.07, 6.45) is 0. The molecule has 16 heavy (non-hydrogen) atoms. The van der Waals surface area contributed by atoms with Crippen LogP contribution in [0.1, 0.15) is 17.7 Å². The molecule has 1 saturated heterocycles. The topological polar surface area (TPSA) is 48.8 Å². The van der Waals surface area contributed by atoms with E-state index in [9.17, 15) is 0 Å². The van der Waals surface area contributed by atoms with Crippen LogP contribution in [0.3, 0.4) is 0 Å². The minimum absolute atomic E-state index is 0.253. The van der Waals surface area contributed by atoms with Gasteiger partial charge in [0.05, 0.1) is 0 Å². The Labute approximate surface area is 104 Å². The number of azide groups is 1. The maximum atomic E-state index is 8.68. The molecule has 0 N–H and O–H groups in total. The summed E-state index contributed by atoms with van der Waals surface area (Å²) in [7, 11) is 0. The molecule has 0 spiro atoms. The lowest BCUT2D eigenvalue weighted by molar-refractivity contribution is 0.648. The average Bonchev–Trinajstić information content (AvgIpc) is 2.31. The van der Waals surface area contributed by atoms with Crippen molar-refractivity contribution in [3.63, 3.8) is 0 Å². The van der Waals surface area contributed by atoms with Gasteiger partial charge >= 0.3 is 0 Å². The van der Waals surface area contributed by atoms with Gasteiger partial charge in [0.15, 0.2) is 0 Å². The van der Waals surface area contributed by atoms with Gasteiger partial charge in [-0.3, -0.25) is 0 Å². The molecular weight excluding hydrogens is 238 g/mol. The second kappa shape index (κ2) is 5.04. The minimum Gasteiger partial charge on any atom is -0.151 e. The van der Waals surface area contributed by atoms with Gasteiger partial charge in [-0.15, -0.1) is 11.8 Å². The van der Waals surface area contributed by atoms with Crippen molar-refractivity contribution >= 4 is 23.5 Å². The predicted molar refractivity (Wildman–Crippen MR) is 71.7 cm³/mol. The van der Waals surface area contributed by atoms with Crippen LogP contribution in [0.5, 0.6) is 0 Å². The highest BCUT2D eigenvalue weighted by molar-refractivity contribution is 8.07. The third-order valence-electron chi connectivity index (χ3n) is 2.59. The number of hydrogen-bond acceptors (Lipinski definition) is 3. The fourth-order valence-electron chi connectivity index (χ4n) is 1.85. The van der Waals surface area contributed by atoms with Crippen LogP contribution in [0.2, 0.25) is 0 Å². The molecule has 1 heterocycles. The molecule has 1 aromatic rings. The Kier molecular flexibility index (Phi) is 3.69. The second-order valence-corrected chi connectivity index (χ2v) is 6.49. The van der Waals surface area contributed by atoms with Crippen molar-refractivity contribution in [3.05, 3.63) is 46.3 Å². The zero-order valence-electron chi connectivity index (χ0n) is 9.04. The molecule has 0 bridgehead atoms. The largest absolute Gasteiger partial charge is 0.151 e. The highest BCUT2D eigenvalue weighted by Gasteiger charge is 2.38. The van der Waals surface area contributed by atoms with Crippen molar-refractivity contribution in [2.45, 2.75) is 17.0 Å². The molecule has 0 saturated carbocycles. The Hall–Kier alpha value is -0.770. The van der Waals surface area contributed by atoms with Crippen LogP contribution in [0.25, 0.3) is 10.4 Å². The van der Waals surface area contributed by atoms with Crippen LogP contribution in [0.15, 0.2) is 35.4 Å². The van der Waals surface area contributed by atoms with E-state index in [1.54, 1.807) is 11.8 Å². The summed E-state index contributed by atoms with van der Waals surface area (Å²) in [5.41, 5.74) is 9.93. The smallest absolute Gasteiger partial charge is 0.107 e. The van der Waals surface area contributed by atoms with Crippen LogP contribution >= 0.6 is 23.5 Å². The lowest BCUT2D eigenvalue weighted by atomic mass is 10.1. The van der Waals surface area contributed by atoms with Crippen molar-refractivity contribution in [1.29, 1.82) is 0 Å². The van der Waals surface area contributed by atoms with Gasteiger partial charge in [-0.2, -0.15) is 11.8 Å². The predicted octanol–water partition coefficient (Wildman–Crippen LogP) is 4.23. The quantitative estimate of drug-likeness (QED) is 0.448. The molecule has 1 aromatic carbocycles. The van der Waals surface area contributed by atoms with Crippen molar-refractivity contribution in [3.8, 4) is 0 Å². The van der Waals surface area contributed by atoms with Crippen LogP contribution in [0.4, 0.5) is 0 Å². The molecule has 0 unspecified atom stereocenters. The van der Waals surface area contributed by atoms with E-state index >= 15 is 0 Å². The highest BCUT2D eigenvalue weighted by atomic mass is 32.2. The molecule has 0 aliphatic carbocycles. The first-order valence-electron chi connectivity index (χ1n) is 5.13. The third-order valence-corrected chi connectivity index (χ3v) is 5.82. The number of rotatable bonds is 2. The molecule has 0 radical (unpaired) electrons. The Morgan fingerprint density at radius 1 is 1.38 bits per heavy atom. The first kappa shape index (κ1) is 11.7. The standard InChI is InChI=1S/C11H13N3S2/c1-11(13-14-12)10(15-7-8-16-11)9-5-3-2-4-6-9/h2-6,10H,7-8H2,1H3/t10-,11-/m0/s1. The molecule has 2 rings (SSSR count). The fraction of sp³-hybridized carbons (Fsp3) is 0.455. The van der Waals surface area contributed by atoms with Gasteiger partial charge in [0.2, 0.25) is 0 Å². The minimum atomic E-state index is -0.362. The van der Waals surface area contributed by atoms with Gasteiger partial charge in [-0.1, -0.05) is 35.4 Å². The molecule has 1 aliphatic heterocycles. The maximum Gasteiger partial charge on any atom is 0.107 e. The van der Waals surface area contributed by atoms with E-state index in [0.717, 1.165) is 11.5 Å². The van der Waals surface area contributed by atoms with Crippen molar-refractivity contribution in [2.24, 2.45) is 5.11 Å². The SMILES string of the molecule is C[C@]1(N=[N+]=[N-])SCCS[C@H]1c1ccccc1. The van der Waals surface area contributed by atoms with Crippen molar-refractivity contribution in [2.75, 3.05) is 11.5 Å². The first-order valence-corrected chi connectivity index (χ1v) is 7.16. The number of nitrogens with zero attached hydrogens (tertiary/aromatic N) is 3. The summed E-state index contributed by atoms with van der Waals surface area (Å²) in [5.74, 6) is 2.16. The van der Waals surface area contributed by atoms with Gasteiger partial charge in [0, 0.05) is 21.7 Å². The zero-order chi connectivity index (χ0) is 11.4. The van der Waals surface area contributed by atoms with Crippen LogP contribution in [-0.4, -0.2) is 16.4 Å². The Morgan fingerprint density at radius 2 is 2.12 bits per heavy atom. The van der Waals surface area contributed by atoms with E-state index in [-0.39, 0.29) is 10.1 Å². The van der Waals surface area contributed by atoms with E-state index in [0.29, 0.717) is 0 Å². The van der Waals surface area contributed by atoms with Gasteiger partial charge < -0.3 is 0 Å². The van der Waals surface area contributed by atoms with Crippen LogP contribution in [0, 0.1) is 0 Å². The van der Waals surface area contributed by atoms with Gasteiger partial charge in [0.25, 0.3) is 0 Å². The summed E-state index contributed by atoms with van der Waals surface area (Å²) >= 11 is 3.63. The van der Waals surface area contributed by atoms with Crippen LogP contribution in [-0.2, 0) is 0 Å². The first-order chi connectivity index (χ1) is 7.76. The molecule has 3 nitrogen and oxygen atoms in total. The highest BCUT2D eigenvalue weighted by Crippen LogP contribution is 2.51. The summed E-state index contributed by atoms with van der Waals surface area (Å²) in [5, 5.41) is 4.25. The van der Waals surface area contributed by atoms with Crippen molar-refractivity contribution in [1.82, 2.24) is 0 Å². The van der Waals surface area contributed by atoms with E-state index in [1.807, 2.05) is 36.9 Å². The normalized spacial score (nSPS) is 29.4. The molecule has 0 aromatic heterocycles. The molecule has 1 aliphatic rings. The summed E-state index contributed by atoms with van der Waals surface area (Å²) < 4.78 is 0. The second-order valence-electron chi connectivity index (χ2n) is 3.75. The molecule has 5 heteroatoms. The monoisotopic (exact) mass is 251 g/mol. The Morgan fingerprint density at radius 3 is 2.81 bits per heavy atom. The third kappa shape index (κ3) is 2.32. The van der Waals surface area contributed by atoms with E-state index in [2.05, 4.69) is 22.2 Å². The molecule has 1 fully saturated rings. The number of benzene rings is 1. The molecule has 2 atom stereocenters. The lowest BCUT2D eigenvalue weighted by Gasteiger charge is -2.36. The van der Waals surface area contributed by atoms with Gasteiger partial charge in [-0.05, 0) is 18.0 Å². The molecule has 0 amide bonds. The number of hydrogen-bond donors (Lipinski definition) is 0. The summed E-state index contributed by atoms with van der Waals surface area (Å²) in [4.78, 5) is 2.64. The summed E-state index contributed by atoms with van der Waals surface area (Å²) in [6.45, 7) is 2.03. The van der Waals surface area contributed by atoms with E-state index in [1.165, 1.54) is 5.56 Å². The van der Waals surface area contributed by atoms with Crippen molar-refractivity contribution < 1.29 is 0 Å². The molecular formula is C11H13N3S2. The fourth-order valence-corrected chi connectivity index (χ4v) is 4.71. The Bertz CT molecular complexity index is 403. The molecule has 84 valence electrons. The lowest BCUT2D eigenvalue weighted by Crippen LogP contribution is -2.29. The van der Waals surface area contributed by atoms with Gasteiger partial charge in [-0.25, -0.2) is 0 Å². The maximum absolute atomic E-state index is 8.68. The zero-order valence-corrected chi connectivity index (χ0v) is 10.7. The summed E-state index contributed by atoms with van der Waals surface area (Å²) in [6, 6.07) is 10.3. The number of thioether (sulfide) groups is 2. The van der Waals surface area contributed by atoms with Gasteiger partial charge in [0.1, 0.15) is 4.87 Å². The van der Waals surface area contributed by atoms with E-state index < -0.39 is 0 Å². The Balaban J connectivity index is 2.33.